The molecule has 2 aromatic carbocycles. The van der Waals surface area contributed by atoms with Crippen LogP contribution in [0.5, 0.6) is 11.5 Å². The highest BCUT2D eigenvalue weighted by atomic mass is 19.1. The standard InChI is InChI=1S/C63H92FNO7/c1-41-37-62(10)49(50-38-58(5,6)35-36-63(41,50)57(68)69)29-30-53-59(7)33-32-54(60(8,40-66)52(59)31-34-61(53,62)9)72-56-44(4)42(2)43(3)51(71-56)39-65-55(67)20-18-16-14-12-11-13-15-17-19-45-21-25-47(26-22-45)70-48-27-23-46(64)24-28-48/h21-29,40-44,50-54,56H,11-20,30-39H2,1-10H3,(H,65,67)(H,68,69)/t41?,42-,43-,44?,50?,51?,52+,53?,54-,56-,59?,60?,61+,62+,63-/m0/s1. The van der Waals surface area contributed by atoms with E-state index in [1.54, 1.807) is 12.1 Å². The van der Waals surface area contributed by atoms with Crippen molar-refractivity contribution >= 4 is 18.2 Å². The number of carbonyl (C=O) groups excluding carboxylic acids is 2. The lowest BCUT2D eigenvalue weighted by molar-refractivity contribution is -0.293. The van der Waals surface area contributed by atoms with E-state index < -0.39 is 23.1 Å². The lowest BCUT2D eigenvalue weighted by atomic mass is 9.32. The van der Waals surface area contributed by atoms with Crippen LogP contribution in [0.15, 0.2) is 60.2 Å². The normalized spacial score (nSPS) is 39.0. The van der Waals surface area contributed by atoms with Crippen molar-refractivity contribution in [3.63, 3.8) is 0 Å². The Hall–Kier alpha value is -3.56. The fourth-order valence-electron chi connectivity index (χ4n) is 16.7. The molecular formula is C63H92FNO7. The van der Waals surface area contributed by atoms with Gasteiger partial charge in [0.1, 0.15) is 23.6 Å². The minimum Gasteiger partial charge on any atom is -0.481 e. The van der Waals surface area contributed by atoms with Crippen LogP contribution in [0.4, 0.5) is 4.39 Å². The third kappa shape index (κ3) is 10.3. The number of rotatable bonds is 19. The number of carboxylic acid groups (broad SMARTS) is 1. The fourth-order valence-corrected chi connectivity index (χ4v) is 16.7. The molecule has 6 aliphatic rings. The van der Waals surface area contributed by atoms with Crippen molar-refractivity contribution in [2.75, 3.05) is 6.54 Å². The van der Waals surface area contributed by atoms with Gasteiger partial charge in [-0.05, 0) is 176 Å². The molecule has 0 radical (unpaired) electrons. The first-order valence-corrected chi connectivity index (χ1v) is 28.6. The molecule has 2 aromatic rings. The number of carboxylic acids is 1. The van der Waals surface area contributed by atoms with Crippen molar-refractivity contribution in [1.82, 2.24) is 5.32 Å². The van der Waals surface area contributed by atoms with Gasteiger partial charge in [-0.1, -0.05) is 132 Å². The number of allylic oxidation sites excluding steroid dienone is 2. The van der Waals surface area contributed by atoms with Gasteiger partial charge in [-0.15, -0.1) is 0 Å². The van der Waals surface area contributed by atoms with E-state index in [4.69, 9.17) is 14.2 Å². The number of aliphatic carboxylic acids is 1. The van der Waals surface area contributed by atoms with Gasteiger partial charge in [0, 0.05) is 18.9 Å². The van der Waals surface area contributed by atoms with Gasteiger partial charge in [0.2, 0.25) is 5.91 Å². The molecule has 0 spiro atoms. The zero-order valence-corrected chi connectivity index (χ0v) is 46.0. The van der Waals surface area contributed by atoms with Crippen molar-refractivity contribution in [1.29, 1.82) is 0 Å². The number of carbonyl (C=O) groups is 3. The highest BCUT2D eigenvalue weighted by Crippen LogP contribution is 2.76. The van der Waals surface area contributed by atoms with E-state index in [0.717, 1.165) is 95.6 Å². The Labute approximate surface area is 433 Å². The summed E-state index contributed by atoms with van der Waals surface area (Å²) in [6.07, 6.45) is 21.8. The quantitative estimate of drug-likeness (QED) is 0.0624. The van der Waals surface area contributed by atoms with Gasteiger partial charge in [-0.2, -0.15) is 0 Å². The van der Waals surface area contributed by atoms with Gasteiger partial charge < -0.3 is 29.4 Å². The smallest absolute Gasteiger partial charge is 0.310 e. The number of aryl methyl sites for hydroxylation is 1. The second kappa shape index (κ2) is 21.6. The molecule has 15 atom stereocenters. The van der Waals surface area contributed by atoms with Gasteiger partial charge in [0.25, 0.3) is 0 Å². The summed E-state index contributed by atoms with van der Waals surface area (Å²) in [7, 11) is 0. The van der Waals surface area contributed by atoms with Crippen LogP contribution in [0, 0.1) is 79.7 Å². The van der Waals surface area contributed by atoms with Crippen molar-refractivity contribution in [2.24, 2.45) is 73.9 Å². The van der Waals surface area contributed by atoms with Crippen molar-refractivity contribution in [2.45, 2.75) is 210 Å². The maximum atomic E-state index is 13.7. The molecule has 398 valence electrons. The number of benzene rings is 2. The lowest BCUT2D eigenvalue weighted by Crippen LogP contribution is -2.67. The van der Waals surface area contributed by atoms with Gasteiger partial charge in [0.15, 0.2) is 6.29 Å². The zero-order chi connectivity index (χ0) is 51.9. The molecule has 9 heteroatoms. The first-order chi connectivity index (χ1) is 34.1. The number of nitrogens with one attached hydrogen (secondary N) is 1. The Balaban J connectivity index is 0.788. The summed E-state index contributed by atoms with van der Waals surface area (Å²) < 4.78 is 33.0. The number of unbranched alkanes of at least 4 members (excludes halogenated alkanes) is 7. The number of hydrogen-bond donors (Lipinski definition) is 2. The summed E-state index contributed by atoms with van der Waals surface area (Å²) in [4.78, 5) is 40.2. The van der Waals surface area contributed by atoms with E-state index in [0.29, 0.717) is 30.6 Å². The van der Waals surface area contributed by atoms with E-state index >= 15 is 0 Å². The third-order valence-corrected chi connectivity index (χ3v) is 21.8. The van der Waals surface area contributed by atoms with E-state index in [2.05, 4.69) is 92.8 Å². The summed E-state index contributed by atoms with van der Waals surface area (Å²) in [5, 5.41) is 14.2. The molecule has 1 saturated heterocycles. The van der Waals surface area contributed by atoms with Gasteiger partial charge in [0.05, 0.1) is 23.0 Å². The van der Waals surface area contributed by atoms with Crippen LogP contribution in [0.3, 0.4) is 0 Å². The summed E-state index contributed by atoms with van der Waals surface area (Å²) in [5.41, 5.74) is 1.31. The average Bonchev–Trinajstić information content (AvgIpc) is 3.33. The predicted molar refractivity (Wildman–Crippen MR) is 284 cm³/mol. The molecule has 4 saturated carbocycles. The number of fused-ring (bicyclic) bond motifs is 7. The van der Waals surface area contributed by atoms with Crippen LogP contribution in [-0.4, -0.2) is 48.3 Å². The molecule has 1 aliphatic heterocycles. The number of ether oxygens (including phenoxy) is 3. The average molecular weight is 994 g/mol. The lowest BCUT2D eigenvalue weighted by Gasteiger charge is -2.71. The molecule has 8 rings (SSSR count). The maximum Gasteiger partial charge on any atom is 0.310 e. The van der Waals surface area contributed by atoms with Crippen molar-refractivity contribution in [3.8, 4) is 11.5 Å². The predicted octanol–water partition coefficient (Wildman–Crippen LogP) is 15.1. The molecule has 1 amide bonds. The minimum atomic E-state index is -0.693. The second-order valence-electron chi connectivity index (χ2n) is 26.3. The van der Waals surface area contributed by atoms with E-state index in [1.165, 1.54) is 55.2 Å². The van der Waals surface area contributed by atoms with Crippen LogP contribution in [0.25, 0.3) is 0 Å². The summed E-state index contributed by atoms with van der Waals surface area (Å²) in [5.74, 6) is 1.98. The Morgan fingerprint density at radius 2 is 1.40 bits per heavy atom. The van der Waals surface area contributed by atoms with Crippen molar-refractivity contribution in [3.05, 3.63) is 71.6 Å². The van der Waals surface area contributed by atoms with Crippen LogP contribution < -0.4 is 10.1 Å². The van der Waals surface area contributed by atoms with Crippen LogP contribution >= 0.6 is 0 Å². The minimum absolute atomic E-state index is 0.00547. The molecular weight excluding hydrogens is 902 g/mol. The first kappa shape index (κ1) is 54.7. The van der Waals surface area contributed by atoms with E-state index in [9.17, 15) is 23.9 Å². The largest absolute Gasteiger partial charge is 0.481 e. The van der Waals surface area contributed by atoms with Crippen LogP contribution in [-0.2, 0) is 30.3 Å². The SMILES string of the molecule is CC1[C@H](O[C@H]2CCC3(C)C4CC=C5C6CC(C)(C)CC[C@]6(C(=O)O)C(C)C[C@@]5(C)[C@]4(C)CC[C@H]3C2(C)C=O)OC(CNC(=O)CCCCCCCCCCc2ccc(Oc3ccc(F)cc3)cc2)[C@@H](C)[C@@H]1C. The third-order valence-electron chi connectivity index (χ3n) is 21.8. The topological polar surface area (TPSA) is 111 Å². The molecule has 0 bridgehead atoms. The maximum absolute atomic E-state index is 13.7. The molecule has 72 heavy (non-hydrogen) atoms. The number of amides is 1. The Bertz CT molecular complexity index is 2240. The Morgan fingerprint density at radius 3 is 2.06 bits per heavy atom. The van der Waals surface area contributed by atoms with Crippen LogP contribution in [0.1, 0.15) is 190 Å². The monoisotopic (exact) mass is 994 g/mol. The number of aldehydes is 1. The number of hydrogen-bond acceptors (Lipinski definition) is 6. The molecule has 2 N–H and O–H groups in total. The Kier molecular flexibility index (Phi) is 16.4. The second-order valence-corrected chi connectivity index (χ2v) is 26.3. The summed E-state index contributed by atoms with van der Waals surface area (Å²) in [6, 6.07) is 14.2. The van der Waals surface area contributed by atoms with Crippen molar-refractivity contribution < 1.29 is 38.1 Å². The Morgan fingerprint density at radius 1 is 0.764 bits per heavy atom. The first-order valence-electron chi connectivity index (χ1n) is 28.6. The molecule has 8 nitrogen and oxygen atoms in total. The molecule has 5 fully saturated rings. The zero-order valence-electron chi connectivity index (χ0n) is 46.0. The van der Waals surface area contributed by atoms with Gasteiger partial charge in [-0.25, -0.2) is 4.39 Å². The highest BCUT2D eigenvalue weighted by Gasteiger charge is 2.71. The fraction of sp³-hybridized carbons (Fsp3) is 0.730. The van der Waals surface area contributed by atoms with E-state index in [1.807, 2.05) is 12.1 Å². The molecule has 1 heterocycles. The van der Waals surface area contributed by atoms with Crippen LogP contribution in [0.2, 0.25) is 0 Å². The van der Waals surface area contributed by atoms with Gasteiger partial charge in [-0.3, -0.25) is 9.59 Å². The summed E-state index contributed by atoms with van der Waals surface area (Å²) >= 11 is 0. The molecule has 7 unspecified atom stereocenters. The molecule has 0 aromatic heterocycles. The summed E-state index contributed by atoms with van der Waals surface area (Å²) in [6.45, 7) is 23.8. The highest BCUT2D eigenvalue weighted by molar-refractivity contribution is 5.77. The van der Waals surface area contributed by atoms with Gasteiger partial charge >= 0.3 is 5.97 Å². The van der Waals surface area contributed by atoms with E-state index in [-0.39, 0.29) is 75.2 Å². The number of halogens is 1. The molecule has 5 aliphatic carbocycles.